The van der Waals surface area contributed by atoms with Crippen LogP contribution in [-0.2, 0) is 37.0 Å². The van der Waals surface area contributed by atoms with E-state index in [1.165, 1.54) is 0 Å². The zero-order valence-electron chi connectivity index (χ0n) is 22.1. The molecule has 10 nitrogen and oxygen atoms in total. The number of hydrazine groups is 1. The average Bonchev–Trinajstić information content (AvgIpc) is 2.80. The summed E-state index contributed by atoms with van der Waals surface area (Å²) in [5, 5.41) is 0.825. The Morgan fingerprint density at radius 3 is 1.43 bits per heavy atom. The van der Waals surface area contributed by atoms with Crippen molar-refractivity contribution in [1.29, 1.82) is 0 Å². The topological polar surface area (TPSA) is 112 Å². The molecule has 10 heteroatoms. The fraction of sp³-hybridized carbons (Fsp3) is 0.407. The highest BCUT2D eigenvalue weighted by molar-refractivity contribution is 5.91. The summed E-state index contributed by atoms with van der Waals surface area (Å²) < 4.78 is 21.2. The summed E-state index contributed by atoms with van der Waals surface area (Å²) in [5.41, 5.74) is -0.677. The third-order valence-corrected chi connectivity index (χ3v) is 4.31. The molecule has 0 fully saturated rings. The Morgan fingerprint density at radius 1 is 0.622 bits per heavy atom. The molecule has 200 valence electrons. The molecule has 3 amide bonds. The summed E-state index contributed by atoms with van der Waals surface area (Å²) >= 11 is 0. The zero-order valence-corrected chi connectivity index (χ0v) is 22.1. The molecule has 2 aromatic rings. The Morgan fingerprint density at radius 2 is 1.03 bits per heavy atom. The summed E-state index contributed by atoms with van der Waals surface area (Å²) in [5.74, 6) is -0.891. The van der Waals surface area contributed by atoms with Crippen LogP contribution < -0.4 is 0 Å². The van der Waals surface area contributed by atoms with Crippen molar-refractivity contribution in [1.82, 2.24) is 10.0 Å². The number of imide groups is 1. The molecule has 0 aliphatic heterocycles. The van der Waals surface area contributed by atoms with Crippen molar-refractivity contribution in [3.05, 3.63) is 71.8 Å². The van der Waals surface area contributed by atoms with Gasteiger partial charge in [-0.3, -0.25) is 4.79 Å². The Balaban J connectivity index is 2.32. The van der Waals surface area contributed by atoms with Gasteiger partial charge in [-0.1, -0.05) is 60.7 Å². The third-order valence-electron chi connectivity index (χ3n) is 4.31. The Labute approximate surface area is 217 Å². The highest BCUT2D eigenvalue weighted by Crippen LogP contribution is 2.18. The number of ether oxygens (including phenoxy) is 4. The van der Waals surface area contributed by atoms with Crippen molar-refractivity contribution in [3.63, 3.8) is 0 Å². The molecule has 0 N–H and O–H groups in total. The molecular weight excluding hydrogens is 480 g/mol. The molecule has 0 unspecified atom stereocenters. The van der Waals surface area contributed by atoms with Crippen molar-refractivity contribution in [2.75, 3.05) is 6.54 Å². The first kappa shape index (κ1) is 29.2. The first-order chi connectivity index (χ1) is 17.2. The number of amides is 3. The zero-order chi connectivity index (χ0) is 27.6. The normalized spacial score (nSPS) is 11.2. The molecular formula is C27H34N2O8. The molecule has 2 rings (SSSR count). The van der Waals surface area contributed by atoms with Gasteiger partial charge in [-0.2, -0.15) is 5.01 Å². The van der Waals surface area contributed by atoms with E-state index in [2.05, 4.69) is 0 Å². The smallest absolute Gasteiger partial charge is 0.439 e. The second-order valence-corrected chi connectivity index (χ2v) is 10.0. The van der Waals surface area contributed by atoms with Gasteiger partial charge in [0.15, 0.2) is 0 Å². The highest BCUT2D eigenvalue weighted by atomic mass is 16.6. The molecule has 0 saturated carbocycles. The number of benzene rings is 2. The molecule has 0 spiro atoms. The number of rotatable bonds is 6. The number of carbonyl (C=O) groups is 4. The van der Waals surface area contributed by atoms with Crippen LogP contribution in [0, 0.1) is 0 Å². The summed E-state index contributed by atoms with van der Waals surface area (Å²) in [6.45, 7) is 8.45. The summed E-state index contributed by atoms with van der Waals surface area (Å²) in [4.78, 5) is 52.0. The van der Waals surface area contributed by atoms with E-state index in [1.54, 1.807) is 96.1 Å². The van der Waals surface area contributed by atoms with Crippen molar-refractivity contribution in [3.8, 4) is 0 Å². The van der Waals surface area contributed by atoms with Gasteiger partial charge in [0.25, 0.3) is 0 Å². The van der Waals surface area contributed by atoms with Gasteiger partial charge in [-0.25, -0.2) is 14.4 Å². The SMILES string of the molecule is CC(C)(C)OC(=O)N(C(=O)OC(C)(C)C)N(CC(=O)OCc1ccccc1)C(=O)OCc1ccccc1. The van der Waals surface area contributed by atoms with Crippen LogP contribution in [0.4, 0.5) is 14.4 Å². The minimum Gasteiger partial charge on any atom is -0.459 e. The molecule has 0 aliphatic carbocycles. The summed E-state index contributed by atoms with van der Waals surface area (Å²) in [7, 11) is 0. The van der Waals surface area contributed by atoms with E-state index in [1.807, 2.05) is 6.07 Å². The maximum atomic E-state index is 13.1. The Kier molecular flexibility index (Phi) is 10.0. The van der Waals surface area contributed by atoms with Crippen molar-refractivity contribution < 1.29 is 38.1 Å². The van der Waals surface area contributed by atoms with Gasteiger partial charge in [-0.05, 0) is 52.7 Å². The van der Waals surface area contributed by atoms with Crippen molar-refractivity contribution >= 4 is 24.2 Å². The molecule has 0 bridgehead atoms. The third kappa shape index (κ3) is 10.6. The summed E-state index contributed by atoms with van der Waals surface area (Å²) in [6, 6.07) is 17.7. The lowest BCUT2D eigenvalue weighted by Gasteiger charge is -2.34. The lowest BCUT2D eigenvalue weighted by molar-refractivity contribution is -0.149. The lowest BCUT2D eigenvalue weighted by Crippen LogP contribution is -2.57. The predicted octanol–water partition coefficient (Wildman–Crippen LogP) is 5.46. The standard InChI is InChI=1S/C27H34N2O8/c1-26(2,3)36-24(32)29(25(33)37-27(4,5)6)28(23(31)35-19-21-15-11-8-12-16-21)17-22(30)34-18-20-13-9-7-10-14-20/h7-16H,17-19H2,1-6H3. The maximum Gasteiger partial charge on any atom is 0.439 e. The lowest BCUT2D eigenvalue weighted by atomic mass is 10.2. The number of nitrogens with zero attached hydrogens (tertiary/aromatic N) is 2. The molecule has 0 heterocycles. The van der Waals surface area contributed by atoms with Gasteiger partial charge in [-0.15, -0.1) is 5.01 Å². The fourth-order valence-electron chi connectivity index (χ4n) is 2.80. The number of esters is 1. The van der Waals surface area contributed by atoms with Crippen LogP contribution in [0.3, 0.4) is 0 Å². The molecule has 2 aromatic carbocycles. The van der Waals surface area contributed by atoms with Crippen molar-refractivity contribution in [2.24, 2.45) is 0 Å². The van der Waals surface area contributed by atoms with E-state index in [0.717, 1.165) is 0 Å². The van der Waals surface area contributed by atoms with Gasteiger partial charge < -0.3 is 18.9 Å². The molecule has 0 saturated heterocycles. The second kappa shape index (κ2) is 12.8. The van der Waals surface area contributed by atoms with Crippen LogP contribution >= 0.6 is 0 Å². The van der Waals surface area contributed by atoms with E-state index in [-0.39, 0.29) is 13.2 Å². The van der Waals surface area contributed by atoms with Crippen LogP contribution in [0.15, 0.2) is 60.7 Å². The molecule has 37 heavy (non-hydrogen) atoms. The minimum atomic E-state index is -1.23. The van der Waals surface area contributed by atoms with Crippen LogP contribution in [0.25, 0.3) is 0 Å². The molecule has 0 aliphatic rings. The van der Waals surface area contributed by atoms with Gasteiger partial charge in [0.2, 0.25) is 0 Å². The average molecular weight is 515 g/mol. The van der Waals surface area contributed by atoms with E-state index in [0.29, 0.717) is 21.1 Å². The predicted molar refractivity (Wildman–Crippen MR) is 134 cm³/mol. The van der Waals surface area contributed by atoms with Gasteiger partial charge in [0.05, 0.1) is 0 Å². The fourth-order valence-corrected chi connectivity index (χ4v) is 2.80. The monoisotopic (exact) mass is 514 g/mol. The van der Waals surface area contributed by atoms with E-state index in [4.69, 9.17) is 18.9 Å². The maximum absolute atomic E-state index is 13.1. The Bertz CT molecular complexity index is 1030. The van der Waals surface area contributed by atoms with Crippen LogP contribution in [0.5, 0.6) is 0 Å². The van der Waals surface area contributed by atoms with E-state index < -0.39 is 42.0 Å². The quantitative estimate of drug-likeness (QED) is 0.284. The van der Waals surface area contributed by atoms with Gasteiger partial charge in [0.1, 0.15) is 31.0 Å². The van der Waals surface area contributed by atoms with E-state index in [9.17, 15) is 19.2 Å². The van der Waals surface area contributed by atoms with Crippen LogP contribution in [-0.4, -0.2) is 52.0 Å². The van der Waals surface area contributed by atoms with Gasteiger partial charge in [0, 0.05) is 0 Å². The Hall–Kier alpha value is -4.08. The summed E-state index contributed by atoms with van der Waals surface area (Å²) in [6.07, 6.45) is -3.61. The number of hydrogen-bond donors (Lipinski definition) is 0. The van der Waals surface area contributed by atoms with Crippen LogP contribution in [0.1, 0.15) is 52.7 Å². The molecule has 0 atom stereocenters. The number of carbonyl (C=O) groups excluding carboxylic acids is 4. The van der Waals surface area contributed by atoms with Crippen LogP contribution in [0.2, 0.25) is 0 Å². The van der Waals surface area contributed by atoms with Gasteiger partial charge >= 0.3 is 24.2 Å². The minimum absolute atomic E-state index is 0.0779. The first-order valence-electron chi connectivity index (χ1n) is 11.7. The first-order valence-corrected chi connectivity index (χ1v) is 11.7. The highest BCUT2D eigenvalue weighted by Gasteiger charge is 2.40. The largest absolute Gasteiger partial charge is 0.459 e. The molecule has 0 radical (unpaired) electrons. The van der Waals surface area contributed by atoms with Crippen molar-refractivity contribution in [2.45, 2.75) is 66.0 Å². The molecule has 0 aromatic heterocycles. The van der Waals surface area contributed by atoms with E-state index >= 15 is 0 Å². The number of hydrogen-bond acceptors (Lipinski definition) is 8. The second-order valence-electron chi connectivity index (χ2n) is 10.0.